The summed E-state index contributed by atoms with van der Waals surface area (Å²) in [6.07, 6.45) is 3.30. The first kappa shape index (κ1) is 18.7. The molecule has 0 bridgehead atoms. The van der Waals surface area contributed by atoms with E-state index in [1.54, 1.807) is 7.05 Å². The maximum absolute atomic E-state index is 12.3. The molecule has 0 atom stereocenters. The van der Waals surface area contributed by atoms with Gasteiger partial charge in [-0.05, 0) is 43.0 Å². The van der Waals surface area contributed by atoms with Crippen LogP contribution in [0.4, 0.5) is 5.69 Å². The first-order chi connectivity index (χ1) is 13.7. The first-order valence-corrected chi connectivity index (χ1v) is 10.2. The molecule has 0 aliphatic carbocycles. The Balaban J connectivity index is 1.39. The second kappa shape index (κ2) is 8.15. The number of piperidine rings is 1. The number of hydrogen-bond acceptors (Lipinski definition) is 4. The third-order valence-electron chi connectivity index (χ3n) is 5.80. The summed E-state index contributed by atoms with van der Waals surface area (Å²) in [5.41, 5.74) is 3.61. The SMILES string of the molecule is CCc1ccc(N2CCC(NCc3nn(C)c(=O)c4ccccc34)CC2)cc1. The first-order valence-electron chi connectivity index (χ1n) is 10.2. The molecule has 1 aliphatic heterocycles. The maximum atomic E-state index is 12.3. The topological polar surface area (TPSA) is 50.2 Å². The van der Waals surface area contributed by atoms with Crippen LogP contribution in [0, 0.1) is 0 Å². The van der Waals surface area contributed by atoms with Gasteiger partial charge in [0.15, 0.2) is 0 Å². The van der Waals surface area contributed by atoms with E-state index in [1.165, 1.54) is 15.9 Å². The quantitative estimate of drug-likeness (QED) is 0.743. The highest BCUT2D eigenvalue weighted by Crippen LogP contribution is 2.21. The molecule has 4 rings (SSSR count). The Hall–Kier alpha value is -2.66. The van der Waals surface area contributed by atoms with Crippen LogP contribution in [0.1, 0.15) is 31.0 Å². The van der Waals surface area contributed by atoms with Crippen molar-refractivity contribution in [3.05, 3.63) is 70.1 Å². The van der Waals surface area contributed by atoms with E-state index in [9.17, 15) is 4.79 Å². The van der Waals surface area contributed by atoms with E-state index in [4.69, 9.17) is 0 Å². The van der Waals surface area contributed by atoms with Gasteiger partial charge in [-0.2, -0.15) is 5.10 Å². The molecule has 28 heavy (non-hydrogen) atoms. The van der Waals surface area contributed by atoms with Crippen LogP contribution in [-0.2, 0) is 20.0 Å². The average molecular weight is 377 g/mol. The minimum atomic E-state index is -0.0400. The summed E-state index contributed by atoms with van der Waals surface area (Å²) in [4.78, 5) is 14.7. The molecule has 0 spiro atoms. The van der Waals surface area contributed by atoms with Crippen LogP contribution in [0.3, 0.4) is 0 Å². The predicted molar refractivity (Wildman–Crippen MR) is 115 cm³/mol. The molecule has 3 aromatic rings. The smallest absolute Gasteiger partial charge is 0.274 e. The van der Waals surface area contributed by atoms with E-state index in [1.807, 2.05) is 24.3 Å². The average Bonchev–Trinajstić information content (AvgIpc) is 2.76. The van der Waals surface area contributed by atoms with Gasteiger partial charge in [0, 0.05) is 43.8 Å². The number of aromatic nitrogens is 2. The Bertz CT molecular complexity index is 1000. The van der Waals surface area contributed by atoms with Crippen molar-refractivity contribution in [2.24, 2.45) is 7.05 Å². The molecule has 2 aromatic carbocycles. The highest BCUT2D eigenvalue weighted by atomic mass is 16.1. The summed E-state index contributed by atoms with van der Waals surface area (Å²) in [7, 11) is 1.72. The molecule has 1 aliphatic rings. The van der Waals surface area contributed by atoms with Crippen LogP contribution < -0.4 is 15.8 Å². The van der Waals surface area contributed by atoms with E-state index in [0.717, 1.165) is 48.8 Å². The Morgan fingerprint density at radius 2 is 1.71 bits per heavy atom. The molecule has 146 valence electrons. The van der Waals surface area contributed by atoms with Crippen molar-refractivity contribution in [2.45, 2.75) is 38.8 Å². The van der Waals surface area contributed by atoms with E-state index in [-0.39, 0.29) is 5.56 Å². The highest BCUT2D eigenvalue weighted by molar-refractivity contribution is 5.83. The molecular weight excluding hydrogens is 348 g/mol. The molecule has 0 amide bonds. The number of rotatable bonds is 5. The van der Waals surface area contributed by atoms with Gasteiger partial charge >= 0.3 is 0 Å². The van der Waals surface area contributed by atoms with Crippen LogP contribution >= 0.6 is 0 Å². The van der Waals surface area contributed by atoms with Crippen molar-refractivity contribution < 1.29 is 0 Å². The van der Waals surface area contributed by atoms with Gasteiger partial charge in [0.05, 0.1) is 11.1 Å². The second-order valence-electron chi connectivity index (χ2n) is 7.58. The van der Waals surface area contributed by atoms with Crippen molar-refractivity contribution in [1.29, 1.82) is 0 Å². The monoisotopic (exact) mass is 376 g/mol. The lowest BCUT2D eigenvalue weighted by Crippen LogP contribution is -2.42. The molecule has 1 fully saturated rings. The van der Waals surface area contributed by atoms with E-state index < -0.39 is 0 Å². The zero-order chi connectivity index (χ0) is 19.5. The minimum Gasteiger partial charge on any atom is -0.371 e. The fourth-order valence-corrected chi connectivity index (χ4v) is 4.03. The van der Waals surface area contributed by atoms with Gasteiger partial charge in [0.2, 0.25) is 0 Å². The van der Waals surface area contributed by atoms with Crippen molar-refractivity contribution in [1.82, 2.24) is 15.1 Å². The minimum absolute atomic E-state index is 0.0400. The molecule has 1 N–H and O–H groups in total. The second-order valence-corrected chi connectivity index (χ2v) is 7.58. The number of anilines is 1. The van der Waals surface area contributed by atoms with E-state index in [2.05, 4.69) is 46.5 Å². The Labute approximate surface area is 166 Å². The lowest BCUT2D eigenvalue weighted by Gasteiger charge is -2.34. The molecule has 0 radical (unpaired) electrons. The van der Waals surface area contributed by atoms with Gasteiger partial charge < -0.3 is 10.2 Å². The summed E-state index contributed by atoms with van der Waals surface area (Å²) < 4.78 is 1.45. The standard InChI is InChI=1S/C23H28N4O/c1-3-17-8-10-19(11-9-17)27-14-12-18(13-15-27)24-16-22-20-6-4-5-7-21(20)23(28)26(2)25-22/h4-11,18,24H,3,12-16H2,1-2H3. The molecule has 1 saturated heterocycles. The Kier molecular flexibility index (Phi) is 5.44. The number of nitrogens with zero attached hydrogens (tertiary/aromatic N) is 3. The highest BCUT2D eigenvalue weighted by Gasteiger charge is 2.19. The number of nitrogens with one attached hydrogen (secondary N) is 1. The fraction of sp³-hybridized carbons (Fsp3) is 0.391. The Morgan fingerprint density at radius 3 is 2.39 bits per heavy atom. The van der Waals surface area contributed by atoms with E-state index >= 15 is 0 Å². The van der Waals surface area contributed by atoms with Gasteiger partial charge in [-0.3, -0.25) is 4.79 Å². The zero-order valence-corrected chi connectivity index (χ0v) is 16.7. The molecule has 0 saturated carbocycles. The van der Waals surface area contributed by atoms with Gasteiger partial charge in [0.25, 0.3) is 5.56 Å². The van der Waals surface area contributed by atoms with Crippen LogP contribution in [-0.4, -0.2) is 28.9 Å². The largest absolute Gasteiger partial charge is 0.371 e. The third-order valence-corrected chi connectivity index (χ3v) is 5.80. The summed E-state index contributed by atoms with van der Waals surface area (Å²) in [5, 5.41) is 9.85. The van der Waals surface area contributed by atoms with Gasteiger partial charge in [-0.15, -0.1) is 0 Å². The summed E-state index contributed by atoms with van der Waals surface area (Å²) in [6, 6.07) is 17.2. The number of hydrogen-bond donors (Lipinski definition) is 1. The summed E-state index contributed by atoms with van der Waals surface area (Å²) >= 11 is 0. The number of fused-ring (bicyclic) bond motifs is 1. The maximum Gasteiger partial charge on any atom is 0.274 e. The number of aryl methyl sites for hydroxylation is 2. The van der Waals surface area contributed by atoms with Crippen LogP contribution in [0.2, 0.25) is 0 Å². The molecule has 1 aromatic heterocycles. The van der Waals surface area contributed by atoms with Crippen molar-refractivity contribution in [3.63, 3.8) is 0 Å². The summed E-state index contributed by atoms with van der Waals surface area (Å²) in [6.45, 7) is 4.99. The Morgan fingerprint density at radius 1 is 1.04 bits per heavy atom. The molecular formula is C23H28N4O. The molecule has 2 heterocycles. The molecule has 5 nitrogen and oxygen atoms in total. The molecule has 5 heteroatoms. The fourth-order valence-electron chi connectivity index (χ4n) is 4.03. The van der Waals surface area contributed by atoms with Gasteiger partial charge in [-0.1, -0.05) is 37.3 Å². The van der Waals surface area contributed by atoms with E-state index in [0.29, 0.717) is 12.6 Å². The van der Waals surface area contributed by atoms with Crippen LogP contribution in [0.5, 0.6) is 0 Å². The zero-order valence-electron chi connectivity index (χ0n) is 16.7. The normalized spacial score (nSPS) is 15.3. The predicted octanol–water partition coefficient (Wildman–Crippen LogP) is 3.25. The van der Waals surface area contributed by atoms with Gasteiger partial charge in [0.1, 0.15) is 0 Å². The van der Waals surface area contributed by atoms with Crippen molar-refractivity contribution in [2.75, 3.05) is 18.0 Å². The van der Waals surface area contributed by atoms with Gasteiger partial charge in [-0.25, -0.2) is 4.68 Å². The lowest BCUT2D eigenvalue weighted by atomic mass is 10.0. The van der Waals surface area contributed by atoms with Crippen molar-refractivity contribution in [3.8, 4) is 0 Å². The van der Waals surface area contributed by atoms with Crippen LogP contribution in [0.25, 0.3) is 10.8 Å². The summed E-state index contributed by atoms with van der Waals surface area (Å²) in [5.74, 6) is 0. The molecule has 0 unspecified atom stereocenters. The van der Waals surface area contributed by atoms with Crippen molar-refractivity contribution >= 4 is 16.5 Å². The van der Waals surface area contributed by atoms with Crippen LogP contribution in [0.15, 0.2) is 53.3 Å². The number of benzene rings is 2. The lowest BCUT2D eigenvalue weighted by molar-refractivity contribution is 0.410. The third kappa shape index (κ3) is 3.80.